The molecule has 10 nitrogen and oxygen atoms in total. The molecule has 0 aliphatic heterocycles. The molecule has 1 amide bonds. The van der Waals surface area contributed by atoms with Gasteiger partial charge in [0.25, 0.3) is 11.6 Å². The van der Waals surface area contributed by atoms with Gasteiger partial charge in [-0.05, 0) is 61.5 Å². The van der Waals surface area contributed by atoms with Gasteiger partial charge in [-0.15, -0.1) is 5.10 Å². The maximum atomic E-state index is 12.6. The van der Waals surface area contributed by atoms with Crippen molar-refractivity contribution in [3.8, 4) is 28.8 Å². The summed E-state index contributed by atoms with van der Waals surface area (Å²) < 4.78 is 12.4. The van der Waals surface area contributed by atoms with E-state index in [-0.39, 0.29) is 11.7 Å². The molecule has 10 heteroatoms. The Kier molecular flexibility index (Phi) is 6.49. The van der Waals surface area contributed by atoms with E-state index in [9.17, 15) is 14.9 Å². The Labute approximate surface area is 194 Å². The molecule has 3 aromatic carbocycles. The topological polar surface area (TPSA) is 121 Å². The van der Waals surface area contributed by atoms with Gasteiger partial charge in [-0.1, -0.05) is 6.07 Å². The molecule has 0 unspecified atom stereocenters. The molecular formula is C24H21N5O5. The van der Waals surface area contributed by atoms with Crippen molar-refractivity contribution in [2.45, 2.75) is 6.92 Å². The molecule has 0 saturated carbocycles. The highest BCUT2D eigenvalue weighted by Crippen LogP contribution is 2.27. The third-order valence-corrected chi connectivity index (χ3v) is 4.90. The summed E-state index contributed by atoms with van der Waals surface area (Å²) in [5.41, 5.74) is 2.20. The number of amides is 1. The lowest BCUT2D eigenvalue weighted by Gasteiger charge is -2.10. The van der Waals surface area contributed by atoms with Crippen LogP contribution in [0.3, 0.4) is 0 Å². The summed E-state index contributed by atoms with van der Waals surface area (Å²) in [5, 5.41) is 18.1. The largest absolute Gasteiger partial charge is 0.497 e. The lowest BCUT2D eigenvalue weighted by molar-refractivity contribution is -0.384. The first-order valence-corrected chi connectivity index (χ1v) is 10.4. The van der Waals surface area contributed by atoms with Crippen molar-refractivity contribution < 1.29 is 19.2 Å². The van der Waals surface area contributed by atoms with E-state index in [2.05, 4.69) is 15.4 Å². The summed E-state index contributed by atoms with van der Waals surface area (Å²) in [7, 11) is 1.60. The fraction of sp³-hybridized carbons (Fsp3) is 0.125. The fourth-order valence-corrected chi connectivity index (χ4v) is 3.24. The van der Waals surface area contributed by atoms with E-state index in [0.29, 0.717) is 29.4 Å². The Hall–Kier alpha value is -4.73. The first kappa shape index (κ1) is 22.5. The van der Waals surface area contributed by atoms with Crippen LogP contribution in [-0.2, 0) is 0 Å². The number of anilines is 1. The van der Waals surface area contributed by atoms with Crippen molar-refractivity contribution in [1.82, 2.24) is 14.8 Å². The van der Waals surface area contributed by atoms with Crippen LogP contribution >= 0.6 is 0 Å². The number of nitrogens with one attached hydrogen (secondary N) is 1. The molecule has 34 heavy (non-hydrogen) atoms. The van der Waals surface area contributed by atoms with Crippen LogP contribution in [0.1, 0.15) is 17.3 Å². The van der Waals surface area contributed by atoms with Crippen LogP contribution in [0.5, 0.6) is 11.8 Å². The summed E-state index contributed by atoms with van der Waals surface area (Å²) >= 11 is 0. The summed E-state index contributed by atoms with van der Waals surface area (Å²) in [5.74, 6) is 0.886. The Morgan fingerprint density at radius 1 is 1.09 bits per heavy atom. The van der Waals surface area contributed by atoms with Gasteiger partial charge in [-0.2, -0.15) is 4.98 Å². The second kappa shape index (κ2) is 9.82. The molecule has 0 bridgehead atoms. The number of carbonyl (C=O) groups excluding carboxylic acids is 1. The Morgan fingerprint density at radius 3 is 2.47 bits per heavy atom. The first-order chi connectivity index (χ1) is 16.5. The Balaban J connectivity index is 1.63. The predicted octanol–water partition coefficient (Wildman–Crippen LogP) is 4.50. The maximum absolute atomic E-state index is 12.6. The van der Waals surface area contributed by atoms with Crippen molar-refractivity contribution in [2.75, 3.05) is 19.0 Å². The van der Waals surface area contributed by atoms with E-state index >= 15 is 0 Å². The molecule has 0 aliphatic carbocycles. The Bertz CT molecular complexity index is 1320. The van der Waals surface area contributed by atoms with Gasteiger partial charge >= 0.3 is 6.01 Å². The zero-order valence-electron chi connectivity index (χ0n) is 18.5. The molecule has 1 N–H and O–H groups in total. The molecule has 0 atom stereocenters. The number of aromatic nitrogens is 3. The minimum Gasteiger partial charge on any atom is -0.497 e. The van der Waals surface area contributed by atoms with E-state index in [4.69, 9.17) is 9.47 Å². The van der Waals surface area contributed by atoms with E-state index in [1.165, 1.54) is 24.3 Å². The number of methoxy groups -OCH3 is 1. The van der Waals surface area contributed by atoms with Crippen LogP contribution in [0.2, 0.25) is 0 Å². The van der Waals surface area contributed by atoms with E-state index < -0.39 is 10.8 Å². The van der Waals surface area contributed by atoms with Crippen molar-refractivity contribution in [3.63, 3.8) is 0 Å². The van der Waals surface area contributed by atoms with Gasteiger partial charge in [0.2, 0.25) is 0 Å². The molecule has 172 valence electrons. The fourth-order valence-electron chi connectivity index (χ4n) is 3.24. The molecule has 0 saturated heterocycles. The number of benzene rings is 3. The normalized spacial score (nSPS) is 10.5. The van der Waals surface area contributed by atoms with Crippen molar-refractivity contribution in [3.05, 3.63) is 88.5 Å². The lowest BCUT2D eigenvalue weighted by atomic mass is 10.2. The highest BCUT2D eigenvalue weighted by molar-refractivity contribution is 6.04. The van der Waals surface area contributed by atoms with Gasteiger partial charge in [0, 0.05) is 28.9 Å². The third kappa shape index (κ3) is 4.85. The van der Waals surface area contributed by atoms with Gasteiger partial charge in [0.15, 0.2) is 5.82 Å². The lowest BCUT2D eigenvalue weighted by Crippen LogP contribution is -2.12. The minimum absolute atomic E-state index is 0.0825. The molecule has 4 aromatic rings. The molecule has 0 radical (unpaired) electrons. The first-order valence-electron chi connectivity index (χ1n) is 10.4. The van der Waals surface area contributed by atoms with Gasteiger partial charge in [-0.3, -0.25) is 14.9 Å². The monoisotopic (exact) mass is 459 g/mol. The maximum Gasteiger partial charge on any atom is 0.336 e. The number of nitro groups is 1. The molecule has 1 heterocycles. The van der Waals surface area contributed by atoms with Crippen molar-refractivity contribution in [1.29, 1.82) is 0 Å². The van der Waals surface area contributed by atoms with E-state index in [1.54, 1.807) is 30.0 Å². The number of carbonyl (C=O) groups is 1. The number of rotatable bonds is 8. The van der Waals surface area contributed by atoms with E-state index in [0.717, 1.165) is 11.3 Å². The second-order valence-electron chi connectivity index (χ2n) is 7.10. The van der Waals surface area contributed by atoms with Crippen LogP contribution in [0.15, 0.2) is 72.8 Å². The highest BCUT2D eigenvalue weighted by Gasteiger charge is 2.16. The van der Waals surface area contributed by atoms with Gasteiger partial charge in [0.1, 0.15) is 5.75 Å². The standard InChI is InChI=1S/C24H21N5O5/c1-3-34-24-26-22(16-9-13-21(33-2)14-10-16)28(27-24)20-6-4-5-18(15-20)25-23(30)17-7-11-19(12-8-17)29(31)32/h4-15H,3H2,1-2H3,(H,25,30). The van der Waals surface area contributed by atoms with Crippen molar-refractivity contribution in [2.24, 2.45) is 0 Å². The summed E-state index contributed by atoms with van der Waals surface area (Å²) in [6.45, 7) is 2.26. The number of nitro benzene ring substituents is 1. The predicted molar refractivity (Wildman–Crippen MR) is 126 cm³/mol. The molecule has 1 aromatic heterocycles. The molecule has 0 aliphatic rings. The SMILES string of the molecule is CCOc1nc(-c2ccc(OC)cc2)n(-c2cccc(NC(=O)c3ccc([N+](=O)[O-])cc3)c2)n1. The summed E-state index contributed by atoms with van der Waals surface area (Å²) in [4.78, 5) is 27.5. The second-order valence-corrected chi connectivity index (χ2v) is 7.10. The number of ether oxygens (including phenoxy) is 2. The molecular weight excluding hydrogens is 438 g/mol. The molecule has 0 spiro atoms. The number of hydrogen-bond donors (Lipinski definition) is 1. The zero-order valence-corrected chi connectivity index (χ0v) is 18.5. The van der Waals surface area contributed by atoms with Crippen LogP contribution < -0.4 is 14.8 Å². The number of hydrogen-bond acceptors (Lipinski definition) is 7. The minimum atomic E-state index is -0.514. The van der Waals surface area contributed by atoms with Crippen LogP contribution in [0.4, 0.5) is 11.4 Å². The third-order valence-electron chi connectivity index (χ3n) is 4.90. The highest BCUT2D eigenvalue weighted by atomic mass is 16.6. The van der Waals surface area contributed by atoms with Crippen molar-refractivity contribution >= 4 is 17.3 Å². The van der Waals surface area contributed by atoms with Gasteiger partial charge < -0.3 is 14.8 Å². The average molecular weight is 459 g/mol. The van der Waals surface area contributed by atoms with Crippen LogP contribution in [0.25, 0.3) is 17.1 Å². The number of non-ortho nitro benzene ring substituents is 1. The zero-order chi connectivity index (χ0) is 24.1. The van der Waals surface area contributed by atoms with Gasteiger partial charge in [0.05, 0.1) is 24.3 Å². The summed E-state index contributed by atoms with van der Waals surface area (Å²) in [6, 6.07) is 20.1. The van der Waals surface area contributed by atoms with Gasteiger partial charge in [-0.25, -0.2) is 4.68 Å². The average Bonchev–Trinajstić information content (AvgIpc) is 3.28. The summed E-state index contributed by atoms with van der Waals surface area (Å²) in [6.07, 6.45) is 0. The van der Waals surface area contributed by atoms with Crippen LogP contribution in [0, 0.1) is 10.1 Å². The van der Waals surface area contributed by atoms with Crippen LogP contribution in [-0.4, -0.2) is 39.3 Å². The quantitative estimate of drug-likeness (QED) is 0.304. The molecule has 0 fully saturated rings. The number of nitrogens with zero attached hydrogens (tertiary/aromatic N) is 4. The Morgan fingerprint density at radius 2 is 1.82 bits per heavy atom. The molecule has 4 rings (SSSR count). The smallest absolute Gasteiger partial charge is 0.336 e. The van der Waals surface area contributed by atoms with E-state index in [1.807, 2.05) is 37.3 Å².